The molecular weight excluding hydrogens is 430 g/mol. The van der Waals surface area contributed by atoms with Gasteiger partial charge >= 0.3 is 12.1 Å². The fourth-order valence-electron chi connectivity index (χ4n) is 4.21. The van der Waals surface area contributed by atoms with Crippen LogP contribution in [0.4, 0.5) is 9.59 Å². The maximum atomic E-state index is 12.9. The summed E-state index contributed by atoms with van der Waals surface area (Å²) in [6, 6.07) is -1.55. The zero-order valence-corrected chi connectivity index (χ0v) is 19.6. The molecule has 3 rings (SSSR count). The van der Waals surface area contributed by atoms with Gasteiger partial charge < -0.3 is 14.5 Å². The fourth-order valence-corrected chi connectivity index (χ4v) is 4.21. The summed E-state index contributed by atoms with van der Waals surface area (Å²) in [4.78, 5) is 58.9. The van der Waals surface area contributed by atoms with Gasteiger partial charge in [-0.2, -0.15) is 5.06 Å². The monoisotopic (exact) mass is 463 g/mol. The Hall–Kier alpha value is -3.08. The third-order valence-electron chi connectivity index (χ3n) is 5.65. The highest BCUT2D eigenvalue weighted by Gasteiger charge is 2.47. The van der Waals surface area contributed by atoms with Crippen molar-refractivity contribution in [1.82, 2.24) is 25.7 Å². The summed E-state index contributed by atoms with van der Waals surface area (Å²) in [7, 11) is 0. The van der Waals surface area contributed by atoms with Gasteiger partial charge in [0.05, 0.1) is 25.1 Å². The number of hydrogen-bond donors (Lipinski definition) is 2. The number of piperidine rings is 1. The maximum absolute atomic E-state index is 12.9. The van der Waals surface area contributed by atoms with E-state index in [-0.39, 0.29) is 19.2 Å². The van der Waals surface area contributed by atoms with Crippen molar-refractivity contribution in [3.63, 3.8) is 0 Å². The van der Waals surface area contributed by atoms with Crippen LogP contribution in [0.2, 0.25) is 0 Å². The smallest absolute Gasteiger partial charge is 0.410 e. The molecule has 2 N–H and O–H groups in total. The minimum absolute atomic E-state index is 0.178. The molecule has 3 atom stereocenters. The third-order valence-corrected chi connectivity index (χ3v) is 5.65. The summed E-state index contributed by atoms with van der Waals surface area (Å²) < 4.78 is 5.39. The molecule has 33 heavy (non-hydrogen) atoms. The quantitative estimate of drug-likeness (QED) is 0.469. The van der Waals surface area contributed by atoms with E-state index in [0.29, 0.717) is 31.5 Å². The van der Waals surface area contributed by atoms with Crippen molar-refractivity contribution in [3.05, 3.63) is 24.3 Å². The Labute approximate surface area is 193 Å². The van der Waals surface area contributed by atoms with Crippen LogP contribution in [-0.4, -0.2) is 82.7 Å². The van der Waals surface area contributed by atoms with Crippen LogP contribution in [0.5, 0.6) is 0 Å². The van der Waals surface area contributed by atoms with Crippen molar-refractivity contribution in [2.24, 2.45) is 5.92 Å². The number of hydroxylamine groups is 2. The average molecular weight is 464 g/mol. The molecular formula is C22H33N5O6. The van der Waals surface area contributed by atoms with Gasteiger partial charge in [-0.1, -0.05) is 12.2 Å². The number of rotatable bonds is 5. The molecule has 0 spiro atoms. The summed E-state index contributed by atoms with van der Waals surface area (Å²) in [5.41, 5.74) is 4.96. The average Bonchev–Trinajstić information content (AvgIpc) is 2.99. The Bertz CT molecular complexity index is 851. The first-order valence-corrected chi connectivity index (χ1v) is 11.1. The van der Waals surface area contributed by atoms with E-state index in [4.69, 9.17) is 9.57 Å². The molecule has 0 aromatic rings. The number of hydrazine groups is 1. The number of urea groups is 1. The molecule has 0 radical (unpaired) electrons. The highest BCUT2D eigenvalue weighted by molar-refractivity contribution is 5.93. The molecule has 11 heteroatoms. The number of fused-ring (bicyclic) bond motifs is 2. The molecule has 0 aromatic carbocycles. The number of carbonyl (C=O) groups excluding carboxylic acids is 4. The second kappa shape index (κ2) is 9.82. The molecule has 11 nitrogen and oxygen atoms in total. The summed E-state index contributed by atoms with van der Waals surface area (Å²) in [6.45, 7) is 11.9. The van der Waals surface area contributed by atoms with Gasteiger partial charge in [-0.15, -0.1) is 6.58 Å². The predicted molar refractivity (Wildman–Crippen MR) is 118 cm³/mol. The molecule has 0 unspecified atom stereocenters. The van der Waals surface area contributed by atoms with Crippen LogP contribution in [-0.2, 0) is 19.2 Å². The van der Waals surface area contributed by atoms with Gasteiger partial charge in [-0.25, -0.2) is 9.59 Å². The first kappa shape index (κ1) is 24.6. The van der Waals surface area contributed by atoms with Crippen molar-refractivity contribution in [2.75, 3.05) is 26.2 Å². The lowest BCUT2D eigenvalue weighted by Crippen LogP contribution is -2.56. The molecule has 0 aliphatic carbocycles. The number of nitrogens with one attached hydrogen (secondary N) is 2. The van der Waals surface area contributed by atoms with Gasteiger partial charge in [-0.3, -0.25) is 25.3 Å². The summed E-state index contributed by atoms with van der Waals surface area (Å²) in [5.74, 6) is -1.39. The lowest BCUT2D eigenvalue weighted by Gasteiger charge is -2.33. The van der Waals surface area contributed by atoms with E-state index in [9.17, 15) is 19.2 Å². The van der Waals surface area contributed by atoms with Crippen molar-refractivity contribution >= 4 is 23.9 Å². The van der Waals surface area contributed by atoms with E-state index in [1.165, 1.54) is 20.9 Å². The Balaban J connectivity index is 1.55. The van der Waals surface area contributed by atoms with E-state index < -0.39 is 41.5 Å². The summed E-state index contributed by atoms with van der Waals surface area (Å²) in [5, 5.41) is 1.24. The number of ether oxygens (including phenoxy) is 1. The maximum Gasteiger partial charge on any atom is 0.410 e. The van der Waals surface area contributed by atoms with Crippen molar-refractivity contribution < 1.29 is 28.8 Å². The second-order valence-corrected chi connectivity index (χ2v) is 9.47. The first-order chi connectivity index (χ1) is 15.5. The van der Waals surface area contributed by atoms with Crippen LogP contribution in [0.1, 0.15) is 40.5 Å². The first-order valence-electron chi connectivity index (χ1n) is 11.1. The zero-order valence-electron chi connectivity index (χ0n) is 19.6. The Kier molecular flexibility index (Phi) is 7.31. The van der Waals surface area contributed by atoms with E-state index in [1.54, 1.807) is 27.7 Å². The number of likely N-dealkylation sites (tertiary alicyclic amines) is 1. The van der Waals surface area contributed by atoms with Crippen LogP contribution in [0.3, 0.4) is 0 Å². The van der Waals surface area contributed by atoms with Gasteiger partial charge in [0.1, 0.15) is 11.6 Å². The molecule has 0 saturated carbocycles. The molecule has 3 aliphatic rings. The van der Waals surface area contributed by atoms with E-state index in [2.05, 4.69) is 17.4 Å². The van der Waals surface area contributed by atoms with Crippen LogP contribution < -0.4 is 10.9 Å². The molecule has 2 bridgehead atoms. The zero-order chi connectivity index (χ0) is 24.3. The van der Waals surface area contributed by atoms with E-state index >= 15 is 0 Å². The SMILES string of the molecule is C=CCON1C(=O)N2C[C@H]1C=C(C)[C@H]2C(=O)NNC(=O)[C@@H]1CCCN(C(=O)OC(C)(C)C)C1. The van der Waals surface area contributed by atoms with Gasteiger partial charge in [0.15, 0.2) is 0 Å². The van der Waals surface area contributed by atoms with Crippen LogP contribution in [0, 0.1) is 5.92 Å². The van der Waals surface area contributed by atoms with Gasteiger partial charge in [0.2, 0.25) is 5.91 Å². The number of hydrogen-bond acceptors (Lipinski definition) is 6. The third kappa shape index (κ3) is 5.65. The Morgan fingerprint density at radius 2 is 1.91 bits per heavy atom. The summed E-state index contributed by atoms with van der Waals surface area (Å²) >= 11 is 0. The highest BCUT2D eigenvalue weighted by Crippen LogP contribution is 2.29. The number of amides is 5. The van der Waals surface area contributed by atoms with Gasteiger partial charge in [0.25, 0.3) is 5.91 Å². The molecule has 2 saturated heterocycles. The van der Waals surface area contributed by atoms with Crippen LogP contribution >= 0.6 is 0 Å². The molecule has 3 heterocycles. The van der Waals surface area contributed by atoms with E-state index in [0.717, 1.165) is 0 Å². The standard InChI is InChI=1S/C22H33N5O6/c1-6-10-32-27-16-11-14(2)17(26(13-16)20(27)30)19(29)24-23-18(28)15-8-7-9-25(12-15)21(31)33-22(3,4)5/h6,11,15-17H,1,7-10,12-13H2,2-5H3,(H,23,28)(H,24,29)/t15-,16-,17+/m1/s1. The van der Waals surface area contributed by atoms with Gasteiger partial charge in [0, 0.05) is 13.1 Å². The molecule has 182 valence electrons. The van der Waals surface area contributed by atoms with Gasteiger partial charge in [-0.05, 0) is 46.1 Å². The largest absolute Gasteiger partial charge is 0.444 e. The normalized spacial score (nSPS) is 24.8. The number of nitrogens with zero attached hydrogens (tertiary/aromatic N) is 3. The molecule has 0 aromatic heterocycles. The lowest BCUT2D eigenvalue weighted by atomic mass is 9.97. The van der Waals surface area contributed by atoms with Crippen LogP contribution in [0.25, 0.3) is 0 Å². The lowest BCUT2D eigenvalue weighted by molar-refractivity contribution is -0.133. The molecule has 5 amide bonds. The minimum atomic E-state index is -0.851. The van der Waals surface area contributed by atoms with Crippen molar-refractivity contribution in [1.29, 1.82) is 0 Å². The highest BCUT2D eigenvalue weighted by atomic mass is 16.7. The topological polar surface area (TPSA) is 121 Å². The predicted octanol–water partition coefficient (Wildman–Crippen LogP) is 1.33. The Morgan fingerprint density at radius 3 is 2.58 bits per heavy atom. The second-order valence-electron chi connectivity index (χ2n) is 9.47. The van der Waals surface area contributed by atoms with E-state index in [1.807, 2.05) is 6.08 Å². The Morgan fingerprint density at radius 1 is 1.21 bits per heavy atom. The molecule has 2 fully saturated rings. The van der Waals surface area contributed by atoms with Crippen molar-refractivity contribution in [2.45, 2.75) is 58.2 Å². The minimum Gasteiger partial charge on any atom is -0.444 e. The summed E-state index contributed by atoms with van der Waals surface area (Å²) in [6.07, 6.45) is 4.13. The van der Waals surface area contributed by atoms with Crippen LogP contribution in [0.15, 0.2) is 24.3 Å². The van der Waals surface area contributed by atoms with Crippen molar-refractivity contribution in [3.8, 4) is 0 Å². The fraction of sp³-hybridized carbons (Fsp3) is 0.636. The molecule has 3 aliphatic heterocycles. The number of carbonyl (C=O) groups is 4.